The molecule has 0 aromatic heterocycles. The van der Waals surface area contributed by atoms with Gasteiger partial charge in [0.15, 0.2) is 0 Å². The van der Waals surface area contributed by atoms with Crippen molar-refractivity contribution in [3.63, 3.8) is 0 Å². The zero-order chi connectivity index (χ0) is 8.10. The van der Waals surface area contributed by atoms with E-state index in [1.54, 1.807) is 0 Å². The molecule has 1 atom stereocenters. The maximum absolute atomic E-state index is 5.60. The van der Waals surface area contributed by atoms with E-state index in [4.69, 9.17) is 12.2 Å². The van der Waals surface area contributed by atoms with Gasteiger partial charge in [-0.1, -0.05) is 0 Å². The Morgan fingerprint density at radius 1 is 1.64 bits per heavy atom. The van der Waals surface area contributed by atoms with Gasteiger partial charge in [0, 0.05) is 25.6 Å². The summed E-state index contributed by atoms with van der Waals surface area (Å²) in [5.41, 5.74) is 5.60. The lowest BCUT2D eigenvalue weighted by Gasteiger charge is -2.21. The van der Waals surface area contributed by atoms with Crippen LogP contribution in [0.15, 0.2) is 0 Å². The summed E-state index contributed by atoms with van der Waals surface area (Å²) in [6.45, 7) is 2.99. The zero-order valence-electron chi connectivity index (χ0n) is 6.92. The van der Waals surface area contributed by atoms with E-state index in [1.165, 1.54) is 19.4 Å². The highest BCUT2D eigenvalue weighted by atomic mass is 15.2. The number of nitrogens with zero attached hydrogens (tertiary/aromatic N) is 1. The molecule has 62 valence electrons. The van der Waals surface area contributed by atoms with Gasteiger partial charge in [-0.2, -0.15) is 0 Å². The lowest BCUT2D eigenvalue weighted by Crippen LogP contribution is -2.35. The molecular weight excluding hydrogens is 136 g/mol. The second-order valence-electron chi connectivity index (χ2n) is 3.02. The van der Waals surface area contributed by atoms with Crippen molar-refractivity contribution in [1.82, 2.24) is 4.90 Å². The van der Waals surface area contributed by atoms with E-state index >= 15 is 0 Å². The van der Waals surface area contributed by atoms with Crippen LogP contribution in [-0.4, -0.2) is 30.6 Å². The summed E-state index contributed by atoms with van der Waals surface area (Å²) in [4.78, 5) is 2.40. The highest BCUT2D eigenvalue weighted by Gasteiger charge is 2.21. The van der Waals surface area contributed by atoms with Crippen molar-refractivity contribution in [2.24, 2.45) is 5.73 Å². The Morgan fingerprint density at radius 3 is 3.09 bits per heavy atom. The van der Waals surface area contributed by atoms with Gasteiger partial charge < -0.3 is 5.73 Å². The first kappa shape index (κ1) is 8.58. The molecule has 11 heavy (non-hydrogen) atoms. The van der Waals surface area contributed by atoms with Crippen LogP contribution < -0.4 is 5.73 Å². The average molecular weight is 152 g/mol. The van der Waals surface area contributed by atoms with Crippen LogP contribution in [0, 0.1) is 12.3 Å². The Morgan fingerprint density at radius 2 is 2.45 bits per heavy atom. The largest absolute Gasteiger partial charge is 0.329 e. The molecule has 0 radical (unpaired) electrons. The van der Waals surface area contributed by atoms with Gasteiger partial charge in [0.25, 0.3) is 0 Å². The number of rotatable bonds is 3. The van der Waals surface area contributed by atoms with E-state index in [-0.39, 0.29) is 0 Å². The van der Waals surface area contributed by atoms with Crippen molar-refractivity contribution < 1.29 is 0 Å². The molecule has 1 unspecified atom stereocenters. The van der Waals surface area contributed by atoms with Crippen molar-refractivity contribution in [2.45, 2.75) is 25.3 Å². The summed E-state index contributed by atoms with van der Waals surface area (Å²) in [7, 11) is 0. The van der Waals surface area contributed by atoms with Gasteiger partial charge in [-0.3, -0.25) is 4.90 Å². The summed E-state index contributed by atoms with van der Waals surface area (Å²) in [5.74, 6) is 2.66. The minimum atomic E-state index is 0.600. The minimum absolute atomic E-state index is 0.600. The van der Waals surface area contributed by atoms with Crippen LogP contribution in [0.4, 0.5) is 0 Å². The summed E-state index contributed by atoms with van der Waals surface area (Å²) < 4.78 is 0. The first-order valence-corrected chi connectivity index (χ1v) is 4.26. The van der Waals surface area contributed by atoms with Crippen LogP contribution in [0.3, 0.4) is 0 Å². The standard InChI is InChI=1S/C9H16N2/c1-2-3-6-11-7-4-5-9(11)8-10/h1,9H,3-8,10H2. The first-order valence-electron chi connectivity index (χ1n) is 4.26. The summed E-state index contributed by atoms with van der Waals surface area (Å²) in [5, 5.41) is 0. The molecule has 0 aromatic carbocycles. The van der Waals surface area contributed by atoms with E-state index in [0.717, 1.165) is 19.5 Å². The van der Waals surface area contributed by atoms with Crippen LogP contribution >= 0.6 is 0 Å². The number of terminal acetylenes is 1. The van der Waals surface area contributed by atoms with Crippen molar-refractivity contribution in [1.29, 1.82) is 0 Å². The summed E-state index contributed by atoms with van der Waals surface area (Å²) >= 11 is 0. The third kappa shape index (κ3) is 2.21. The number of likely N-dealkylation sites (tertiary alicyclic amines) is 1. The van der Waals surface area contributed by atoms with Crippen molar-refractivity contribution >= 4 is 0 Å². The highest BCUT2D eigenvalue weighted by molar-refractivity contribution is 4.88. The van der Waals surface area contributed by atoms with Crippen LogP contribution in [0.2, 0.25) is 0 Å². The topological polar surface area (TPSA) is 29.3 Å². The maximum atomic E-state index is 5.60. The van der Waals surface area contributed by atoms with Crippen LogP contribution in [0.25, 0.3) is 0 Å². The van der Waals surface area contributed by atoms with Crippen molar-refractivity contribution in [3.05, 3.63) is 0 Å². The van der Waals surface area contributed by atoms with Gasteiger partial charge in [-0.15, -0.1) is 12.3 Å². The first-order chi connectivity index (χ1) is 5.38. The molecule has 1 rings (SSSR count). The molecule has 0 amide bonds. The van der Waals surface area contributed by atoms with E-state index in [0.29, 0.717) is 6.04 Å². The molecule has 1 heterocycles. The second-order valence-corrected chi connectivity index (χ2v) is 3.02. The SMILES string of the molecule is C#CCCN1CCCC1CN. The van der Waals surface area contributed by atoms with Gasteiger partial charge in [0.1, 0.15) is 0 Å². The molecule has 0 spiro atoms. The predicted octanol–water partition coefficient (Wildman–Crippen LogP) is 0.433. The average Bonchev–Trinajstić information content (AvgIpc) is 2.47. The van der Waals surface area contributed by atoms with Crippen molar-refractivity contribution in [2.75, 3.05) is 19.6 Å². The molecule has 1 aliphatic rings. The van der Waals surface area contributed by atoms with E-state index in [2.05, 4.69) is 10.8 Å². The highest BCUT2D eigenvalue weighted by Crippen LogP contribution is 2.15. The van der Waals surface area contributed by atoms with Crippen LogP contribution in [-0.2, 0) is 0 Å². The molecule has 0 bridgehead atoms. The fourth-order valence-corrected chi connectivity index (χ4v) is 1.66. The molecular formula is C9H16N2. The molecule has 2 N–H and O–H groups in total. The van der Waals surface area contributed by atoms with Gasteiger partial charge in [-0.05, 0) is 19.4 Å². The number of nitrogens with two attached hydrogens (primary N) is 1. The van der Waals surface area contributed by atoms with E-state index < -0.39 is 0 Å². The van der Waals surface area contributed by atoms with Crippen LogP contribution in [0.5, 0.6) is 0 Å². The molecule has 0 aliphatic carbocycles. The Hall–Kier alpha value is -0.520. The predicted molar refractivity (Wildman–Crippen MR) is 47.1 cm³/mol. The summed E-state index contributed by atoms with van der Waals surface area (Å²) in [6.07, 6.45) is 8.58. The lowest BCUT2D eigenvalue weighted by molar-refractivity contribution is 0.265. The third-order valence-corrected chi connectivity index (χ3v) is 2.31. The van der Waals surface area contributed by atoms with Crippen LogP contribution in [0.1, 0.15) is 19.3 Å². The number of hydrogen-bond donors (Lipinski definition) is 1. The minimum Gasteiger partial charge on any atom is -0.329 e. The third-order valence-electron chi connectivity index (χ3n) is 2.31. The molecule has 2 nitrogen and oxygen atoms in total. The molecule has 1 saturated heterocycles. The fourth-order valence-electron chi connectivity index (χ4n) is 1.66. The molecule has 1 fully saturated rings. The summed E-state index contributed by atoms with van der Waals surface area (Å²) in [6, 6.07) is 0.600. The maximum Gasteiger partial charge on any atom is 0.0219 e. The quantitative estimate of drug-likeness (QED) is 0.594. The molecule has 0 saturated carbocycles. The van der Waals surface area contributed by atoms with Gasteiger partial charge in [-0.25, -0.2) is 0 Å². The van der Waals surface area contributed by atoms with E-state index in [9.17, 15) is 0 Å². The Balaban J connectivity index is 2.27. The Bertz CT molecular complexity index is 148. The monoisotopic (exact) mass is 152 g/mol. The normalized spacial score (nSPS) is 25.3. The van der Waals surface area contributed by atoms with E-state index in [1.807, 2.05) is 0 Å². The Labute approximate surface area is 68.8 Å². The lowest BCUT2D eigenvalue weighted by atomic mass is 10.2. The molecule has 2 heteroatoms. The number of hydrogen-bond acceptors (Lipinski definition) is 2. The fraction of sp³-hybridized carbons (Fsp3) is 0.778. The van der Waals surface area contributed by atoms with Gasteiger partial charge in [0.2, 0.25) is 0 Å². The van der Waals surface area contributed by atoms with Gasteiger partial charge in [0.05, 0.1) is 0 Å². The molecule has 1 aliphatic heterocycles. The van der Waals surface area contributed by atoms with Crippen molar-refractivity contribution in [3.8, 4) is 12.3 Å². The molecule has 0 aromatic rings. The Kier molecular flexibility index (Phi) is 3.41. The smallest absolute Gasteiger partial charge is 0.0219 e. The van der Waals surface area contributed by atoms with Gasteiger partial charge >= 0.3 is 0 Å². The second kappa shape index (κ2) is 4.38. The zero-order valence-corrected chi connectivity index (χ0v) is 6.92.